The Balaban J connectivity index is 1.98. The van der Waals surface area contributed by atoms with E-state index < -0.39 is 0 Å². The van der Waals surface area contributed by atoms with Crippen LogP contribution in [0.3, 0.4) is 0 Å². The predicted octanol–water partition coefficient (Wildman–Crippen LogP) is 1.90. The Morgan fingerprint density at radius 3 is 3.00 bits per heavy atom. The quantitative estimate of drug-likeness (QED) is 0.770. The van der Waals surface area contributed by atoms with E-state index in [0.29, 0.717) is 16.4 Å². The van der Waals surface area contributed by atoms with Crippen molar-refractivity contribution in [3.63, 3.8) is 0 Å². The van der Waals surface area contributed by atoms with Gasteiger partial charge in [0.1, 0.15) is 0 Å². The molecule has 0 bridgehead atoms. The highest BCUT2D eigenvalue weighted by Gasteiger charge is 2.14. The van der Waals surface area contributed by atoms with E-state index in [0.717, 1.165) is 0 Å². The average molecular weight is 289 g/mol. The van der Waals surface area contributed by atoms with Crippen LogP contribution in [0, 0.1) is 0 Å². The summed E-state index contributed by atoms with van der Waals surface area (Å²) in [5.41, 5.74) is 1.40. The topological polar surface area (TPSA) is 88.5 Å². The van der Waals surface area contributed by atoms with Crippen LogP contribution in [-0.2, 0) is 0 Å². The number of carbonyl (C=O) groups excluding carboxylic acids is 1. The summed E-state index contributed by atoms with van der Waals surface area (Å²) in [5, 5.41) is 13.0. The fourth-order valence-electron chi connectivity index (χ4n) is 1.77. The molecule has 7 nitrogen and oxygen atoms in total. The van der Waals surface area contributed by atoms with Gasteiger partial charge < -0.3 is 9.88 Å². The molecule has 2 N–H and O–H groups in total. The van der Waals surface area contributed by atoms with E-state index in [1.807, 2.05) is 0 Å². The molecule has 0 fully saturated rings. The molecule has 100 valence electrons. The van der Waals surface area contributed by atoms with Crippen molar-refractivity contribution >= 4 is 23.2 Å². The lowest BCUT2D eigenvalue weighted by atomic mass is 10.2. The molecule has 0 atom stereocenters. The van der Waals surface area contributed by atoms with Crippen molar-refractivity contribution in [1.82, 2.24) is 25.0 Å². The number of hydrogen-bond donors (Lipinski definition) is 2. The zero-order valence-electron chi connectivity index (χ0n) is 10.1. The number of nitrogens with zero attached hydrogens (tertiary/aromatic N) is 4. The third-order valence-electron chi connectivity index (χ3n) is 2.65. The van der Waals surface area contributed by atoms with Crippen molar-refractivity contribution in [1.29, 1.82) is 0 Å². The molecular weight excluding hydrogens is 280 g/mol. The molecule has 3 aromatic rings. The van der Waals surface area contributed by atoms with Gasteiger partial charge in [-0.1, -0.05) is 17.7 Å². The average Bonchev–Trinajstić information content (AvgIpc) is 3.12. The highest BCUT2D eigenvalue weighted by atomic mass is 35.5. The third kappa shape index (κ3) is 2.26. The van der Waals surface area contributed by atoms with E-state index in [2.05, 4.69) is 25.7 Å². The molecule has 1 amide bonds. The maximum atomic E-state index is 12.0. The SMILES string of the molecule is O=C(Nc1cccc(Cl)c1-n1ccnc1)c1cn[nH]n1. The Hall–Kier alpha value is -2.67. The summed E-state index contributed by atoms with van der Waals surface area (Å²) in [6.45, 7) is 0. The molecule has 0 aliphatic rings. The summed E-state index contributed by atoms with van der Waals surface area (Å²) in [7, 11) is 0. The van der Waals surface area contributed by atoms with Gasteiger partial charge in [0, 0.05) is 12.4 Å². The van der Waals surface area contributed by atoms with Crippen LogP contribution in [-0.4, -0.2) is 30.9 Å². The number of imidazole rings is 1. The normalized spacial score (nSPS) is 10.4. The minimum absolute atomic E-state index is 0.196. The Kier molecular flexibility index (Phi) is 3.18. The lowest BCUT2D eigenvalue weighted by Gasteiger charge is -2.12. The number of halogens is 1. The van der Waals surface area contributed by atoms with Gasteiger partial charge in [-0.25, -0.2) is 4.98 Å². The monoisotopic (exact) mass is 288 g/mol. The first-order valence-electron chi connectivity index (χ1n) is 5.69. The standard InChI is InChI=1S/C12H9ClN6O/c13-8-2-1-3-9(11(8)19-5-4-14-7-19)16-12(20)10-6-15-18-17-10/h1-7H,(H,16,20)(H,15,17,18). The maximum Gasteiger partial charge on any atom is 0.277 e. The molecule has 0 saturated heterocycles. The second kappa shape index (κ2) is 5.14. The van der Waals surface area contributed by atoms with Crippen molar-refractivity contribution in [2.24, 2.45) is 0 Å². The van der Waals surface area contributed by atoms with Gasteiger partial charge in [0.25, 0.3) is 5.91 Å². The van der Waals surface area contributed by atoms with Crippen LogP contribution < -0.4 is 5.32 Å². The van der Waals surface area contributed by atoms with Crippen molar-refractivity contribution < 1.29 is 4.79 Å². The van der Waals surface area contributed by atoms with Crippen LogP contribution in [0.2, 0.25) is 5.02 Å². The Morgan fingerprint density at radius 2 is 2.30 bits per heavy atom. The van der Waals surface area contributed by atoms with Crippen molar-refractivity contribution in [3.05, 3.63) is 53.8 Å². The summed E-state index contributed by atoms with van der Waals surface area (Å²) in [6.07, 6.45) is 6.32. The minimum atomic E-state index is -0.373. The summed E-state index contributed by atoms with van der Waals surface area (Å²) < 4.78 is 1.72. The van der Waals surface area contributed by atoms with E-state index in [4.69, 9.17) is 11.6 Å². The molecule has 0 unspecified atom stereocenters. The van der Waals surface area contributed by atoms with Gasteiger partial charge in [-0.05, 0) is 12.1 Å². The number of para-hydroxylation sites is 1. The van der Waals surface area contributed by atoms with Gasteiger partial charge in [0.05, 0.1) is 28.9 Å². The lowest BCUT2D eigenvalue weighted by Crippen LogP contribution is -2.14. The van der Waals surface area contributed by atoms with Crippen molar-refractivity contribution in [2.45, 2.75) is 0 Å². The molecule has 0 aliphatic heterocycles. The number of aromatic amines is 1. The summed E-state index contributed by atoms with van der Waals surface area (Å²) in [6, 6.07) is 5.24. The minimum Gasteiger partial charge on any atom is -0.319 e. The third-order valence-corrected chi connectivity index (χ3v) is 2.95. The van der Waals surface area contributed by atoms with Crippen LogP contribution >= 0.6 is 11.6 Å². The predicted molar refractivity (Wildman–Crippen MR) is 72.9 cm³/mol. The Morgan fingerprint density at radius 1 is 1.40 bits per heavy atom. The largest absolute Gasteiger partial charge is 0.319 e. The van der Waals surface area contributed by atoms with E-state index >= 15 is 0 Å². The number of H-pyrrole nitrogens is 1. The number of nitrogens with one attached hydrogen (secondary N) is 2. The smallest absolute Gasteiger partial charge is 0.277 e. The lowest BCUT2D eigenvalue weighted by molar-refractivity contribution is 0.102. The highest BCUT2D eigenvalue weighted by molar-refractivity contribution is 6.33. The number of anilines is 1. The van der Waals surface area contributed by atoms with E-state index in [1.165, 1.54) is 6.20 Å². The Labute approximate surface area is 118 Å². The molecule has 1 aromatic carbocycles. The zero-order valence-corrected chi connectivity index (χ0v) is 10.9. The number of hydrogen-bond acceptors (Lipinski definition) is 4. The first-order chi connectivity index (χ1) is 9.75. The summed E-state index contributed by atoms with van der Waals surface area (Å²) in [4.78, 5) is 16.0. The van der Waals surface area contributed by atoms with Crippen LogP contribution in [0.5, 0.6) is 0 Å². The van der Waals surface area contributed by atoms with Crippen LogP contribution in [0.15, 0.2) is 43.1 Å². The van der Waals surface area contributed by atoms with Crippen molar-refractivity contribution in [2.75, 3.05) is 5.32 Å². The van der Waals surface area contributed by atoms with Crippen LogP contribution in [0.1, 0.15) is 10.5 Å². The molecule has 0 saturated carbocycles. The molecule has 8 heteroatoms. The van der Waals surface area contributed by atoms with Gasteiger partial charge >= 0.3 is 0 Å². The molecule has 20 heavy (non-hydrogen) atoms. The maximum absolute atomic E-state index is 12.0. The zero-order chi connectivity index (χ0) is 13.9. The van der Waals surface area contributed by atoms with Crippen LogP contribution in [0.25, 0.3) is 5.69 Å². The summed E-state index contributed by atoms with van der Waals surface area (Å²) in [5.74, 6) is -0.373. The van der Waals surface area contributed by atoms with Crippen molar-refractivity contribution in [3.8, 4) is 5.69 Å². The number of rotatable bonds is 3. The number of benzene rings is 1. The second-order valence-electron chi connectivity index (χ2n) is 3.92. The summed E-state index contributed by atoms with van der Waals surface area (Å²) >= 11 is 6.20. The van der Waals surface area contributed by atoms with Gasteiger partial charge in [-0.15, -0.1) is 0 Å². The van der Waals surface area contributed by atoms with E-state index in [1.54, 1.807) is 41.5 Å². The fraction of sp³-hybridized carbons (Fsp3) is 0. The molecule has 2 heterocycles. The number of amides is 1. The molecule has 0 spiro atoms. The number of aromatic nitrogens is 5. The first-order valence-corrected chi connectivity index (χ1v) is 6.07. The second-order valence-corrected chi connectivity index (χ2v) is 4.32. The highest BCUT2D eigenvalue weighted by Crippen LogP contribution is 2.28. The van der Waals surface area contributed by atoms with E-state index in [-0.39, 0.29) is 11.6 Å². The van der Waals surface area contributed by atoms with Gasteiger partial charge in [0.2, 0.25) is 0 Å². The van der Waals surface area contributed by atoms with E-state index in [9.17, 15) is 4.79 Å². The van der Waals surface area contributed by atoms with Gasteiger partial charge in [-0.2, -0.15) is 15.4 Å². The number of carbonyl (C=O) groups is 1. The molecule has 0 aliphatic carbocycles. The molecule has 0 radical (unpaired) electrons. The van der Waals surface area contributed by atoms with Crippen LogP contribution in [0.4, 0.5) is 5.69 Å². The molecule has 2 aromatic heterocycles. The Bertz CT molecular complexity index is 723. The molecular formula is C12H9ClN6O. The fourth-order valence-corrected chi connectivity index (χ4v) is 2.04. The van der Waals surface area contributed by atoms with Gasteiger partial charge in [0.15, 0.2) is 5.69 Å². The molecule has 3 rings (SSSR count). The first kappa shape index (κ1) is 12.4. The van der Waals surface area contributed by atoms with Gasteiger partial charge in [-0.3, -0.25) is 4.79 Å².